The molecule has 1 heterocycles. The van der Waals surface area contributed by atoms with Gasteiger partial charge >= 0.3 is 6.18 Å². The summed E-state index contributed by atoms with van der Waals surface area (Å²) in [5.74, 6) is -0.206. The van der Waals surface area contributed by atoms with Crippen molar-refractivity contribution in [1.82, 2.24) is 10.1 Å². The first-order valence-electron chi connectivity index (χ1n) is 6.74. The fraction of sp³-hybridized carbons (Fsp3) is 0.385. The Balaban J connectivity index is 1.78. The van der Waals surface area contributed by atoms with E-state index in [1.54, 1.807) is 0 Å². The van der Waals surface area contributed by atoms with Crippen molar-refractivity contribution < 1.29 is 26.1 Å². The molecule has 0 aliphatic heterocycles. The van der Waals surface area contributed by atoms with E-state index >= 15 is 0 Å². The summed E-state index contributed by atoms with van der Waals surface area (Å²) in [6.45, 7) is 0. The molecule has 0 atom stereocenters. The van der Waals surface area contributed by atoms with Gasteiger partial charge in [0.15, 0.2) is 5.82 Å². The number of nitrogens with one attached hydrogen (secondary N) is 1. The summed E-state index contributed by atoms with van der Waals surface area (Å²) in [5, 5.41) is 3.55. The zero-order valence-corrected chi connectivity index (χ0v) is 12.5. The molecule has 0 saturated heterocycles. The molecule has 124 valence electrons. The van der Waals surface area contributed by atoms with E-state index in [1.807, 2.05) is 4.72 Å². The Kier molecular flexibility index (Phi) is 3.78. The van der Waals surface area contributed by atoms with Crippen LogP contribution in [-0.2, 0) is 22.0 Å². The molecule has 1 fully saturated rings. The van der Waals surface area contributed by atoms with Crippen LogP contribution in [0.15, 0.2) is 28.8 Å². The maximum absolute atomic E-state index is 12.9. The van der Waals surface area contributed by atoms with Gasteiger partial charge in [-0.05, 0) is 25.0 Å². The number of para-hydroxylation sites is 1. The largest absolute Gasteiger partial charge is 0.418 e. The SMILES string of the molecule is O=S(=O)(Cc1noc(C2CC2)n1)Nc1ccccc1C(F)(F)F. The lowest BCUT2D eigenvalue weighted by Gasteiger charge is -2.13. The average molecular weight is 347 g/mol. The van der Waals surface area contributed by atoms with Gasteiger partial charge in [0.2, 0.25) is 15.9 Å². The number of halogens is 3. The Hall–Kier alpha value is -2.10. The first kappa shape index (κ1) is 15.8. The molecule has 6 nitrogen and oxygen atoms in total. The van der Waals surface area contributed by atoms with E-state index in [-0.39, 0.29) is 11.7 Å². The topological polar surface area (TPSA) is 85.1 Å². The molecular formula is C13H12F3N3O3S. The highest BCUT2D eigenvalue weighted by molar-refractivity contribution is 7.91. The van der Waals surface area contributed by atoms with E-state index in [4.69, 9.17) is 4.52 Å². The molecule has 1 aromatic carbocycles. The van der Waals surface area contributed by atoms with Crippen LogP contribution in [0, 0.1) is 0 Å². The van der Waals surface area contributed by atoms with Crippen LogP contribution in [0.2, 0.25) is 0 Å². The molecular weight excluding hydrogens is 335 g/mol. The van der Waals surface area contributed by atoms with Crippen molar-refractivity contribution in [3.05, 3.63) is 41.5 Å². The molecule has 1 N–H and O–H groups in total. The maximum Gasteiger partial charge on any atom is 0.418 e. The van der Waals surface area contributed by atoms with Gasteiger partial charge in [0.1, 0.15) is 5.75 Å². The van der Waals surface area contributed by atoms with Crippen LogP contribution in [0.25, 0.3) is 0 Å². The molecule has 0 spiro atoms. The third-order valence-corrected chi connectivity index (χ3v) is 4.40. The Labute approximate surface area is 129 Å². The molecule has 23 heavy (non-hydrogen) atoms. The van der Waals surface area contributed by atoms with Crippen LogP contribution in [0.3, 0.4) is 0 Å². The lowest BCUT2D eigenvalue weighted by Crippen LogP contribution is -2.19. The van der Waals surface area contributed by atoms with Crippen LogP contribution in [0.5, 0.6) is 0 Å². The van der Waals surface area contributed by atoms with Crippen molar-refractivity contribution in [2.24, 2.45) is 0 Å². The summed E-state index contributed by atoms with van der Waals surface area (Å²) in [4.78, 5) is 3.95. The highest BCUT2D eigenvalue weighted by atomic mass is 32.2. The van der Waals surface area contributed by atoms with Gasteiger partial charge in [0.25, 0.3) is 0 Å². The molecule has 0 amide bonds. The minimum Gasteiger partial charge on any atom is -0.339 e. The second kappa shape index (κ2) is 5.52. The van der Waals surface area contributed by atoms with Crippen molar-refractivity contribution >= 4 is 15.7 Å². The first-order valence-corrected chi connectivity index (χ1v) is 8.39. The lowest BCUT2D eigenvalue weighted by atomic mass is 10.2. The van der Waals surface area contributed by atoms with Crippen molar-refractivity contribution in [1.29, 1.82) is 0 Å². The normalized spacial score (nSPS) is 15.6. The van der Waals surface area contributed by atoms with E-state index in [9.17, 15) is 21.6 Å². The number of benzene rings is 1. The highest BCUT2D eigenvalue weighted by Crippen LogP contribution is 2.39. The number of hydrogen-bond donors (Lipinski definition) is 1. The summed E-state index contributed by atoms with van der Waals surface area (Å²) in [7, 11) is -4.10. The predicted octanol–water partition coefficient (Wildman–Crippen LogP) is 2.91. The Morgan fingerprint density at radius 3 is 2.61 bits per heavy atom. The van der Waals surface area contributed by atoms with Crippen LogP contribution < -0.4 is 4.72 Å². The van der Waals surface area contributed by atoms with Crippen molar-refractivity contribution in [2.75, 3.05) is 4.72 Å². The third kappa shape index (κ3) is 3.81. The fourth-order valence-electron chi connectivity index (χ4n) is 2.02. The summed E-state index contributed by atoms with van der Waals surface area (Å²) in [6.07, 6.45) is -2.85. The van der Waals surface area contributed by atoms with E-state index in [0.717, 1.165) is 25.0 Å². The third-order valence-electron chi connectivity index (χ3n) is 3.23. The molecule has 1 aliphatic carbocycles. The molecule has 10 heteroatoms. The number of aromatic nitrogens is 2. The zero-order chi connectivity index (χ0) is 16.7. The average Bonchev–Trinajstić information content (AvgIpc) is 3.19. The molecule has 0 unspecified atom stereocenters. The Morgan fingerprint density at radius 2 is 1.96 bits per heavy atom. The fourth-order valence-corrected chi connectivity index (χ4v) is 3.06. The second-order valence-electron chi connectivity index (χ2n) is 5.23. The predicted molar refractivity (Wildman–Crippen MR) is 74.0 cm³/mol. The quantitative estimate of drug-likeness (QED) is 0.899. The molecule has 1 saturated carbocycles. The van der Waals surface area contributed by atoms with Gasteiger partial charge in [-0.2, -0.15) is 18.2 Å². The van der Waals surface area contributed by atoms with Gasteiger partial charge in [0.05, 0.1) is 11.3 Å². The molecule has 0 radical (unpaired) electrons. The second-order valence-corrected chi connectivity index (χ2v) is 6.95. The molecule has 2 aromatic rings. The van der Waals surface area contributed by atoms with Gasteiger partial charge in [0, 0.05) is 5.92 Å². The van der Waals surface area contributed by atoms with Crippen molar-refractivity contribution in [3.8, 4) is 0 Å². The Bertz CT molecular complexity index is 813. The van der Waals surface area contributed by atoms with E-state index in [2.05, 4.69) is 10.1 Å². The van der Waals surface area contributed by atoms with E-state index in [1.165, 1.54) is 12.1 Å². The van der Waals surface area contributed by atoms with Crippen LogP contribution in [-0.4, -0.2) is 18.6 Å². The molecule has 0 bridgehead atoms. The number of rotatable bonds is 5. The van der Waals surface area contributed by atoms with Gasteiger partial charge < -0.3 is 4.52 Å². The lowest BCUT2D eigenvalue weighted by molar-refractivity contribution is -0.136. The molecule has 1 aliphatic rings. The van der Waals surface area contributed by atoms with Crippen LogP contribution in [0.1, 0.15) is 36.0 Å². The first-order chi connectivity index (χ1) is 10.7. The number of nitrogens with zero attached hydrogens (tertiary/aromatic N) is 2. The summed E-state index contributed by atoms with van der Waals surface area (Å²) >= 11 is 0. The van der Waals surface area contributed by atoms with Crippen molar-refractivity contribution in [3.63, 3.8) is 0 Å². The maximum atomic E-state index is 12.9. The summed E-state index contributed by atoms with van der Waals surface area (Å²) < 4.78 is 69.6. The minimum absolute atomic E-state index is 0.0797. The zero-order valence-electron chi connectivity index (χ0n) is 11.7. The van der Waals surface area contributed by atoms with Crippen molar-refractivity contribution in [2.45, 2.75) is 30.7 Å². The molecule has 3 rings (SSSR count). The van der Waals surface area contributed by atoms with Crippen LogP contribution >= 0.6 is 0 Å². The summed E-state index contributed by atoms with van der Waals surface area (Å²) in [5.41, 5.74) is -1.60. The smallest absolute Gasteiger partial charge is 0.339 e. The Morgan fingerprint density at radius 1 is 1.26 bits per heavy atom. The van der Waals surface area contributed by atoms with Crippen LogP contribution in [0.4, 0.5) is 18.9 Å². The standard InChI is InChI=1S/C13H12F3N3O3S/c14-13(15,16)9-3-1-2-4-10(9)19-23(20,21)7-11-17-12(22-18-11)8-5-6-8/h1-4,8,19H,5-7H2. The number of hydrogen-bond acceptors (Lipinski definition) is 5. The number of sulfonamides is 1. The number of alkyl halides is 3. The van der Waals surface area contributed by atoms with Gasteiger partial charge in [-0.3, -0.25) is 4.72 Å². The van der Waals surface area contributed by atoms with Gasteiger partial charge in [-0.25, -0.2) is 8.42 Å². The monoisotopic (exact) mass is 347 g/mol. The summed E-state index contributed by atoms with van der Waals surface area (Å²) in [6, 6.07) is 4.35. The molecule has 1 aromatic heterocycles. The highest BCUT2D eigenvalue weighted by Gasteiger charge is 2.34. The van der Waals surface area contributed by atoms with Gasteiger partial charge in [-0.1, -0.05) is 17.3 Å². The minimum atomic E-state index is -4.66. The van der Waals surface area contributed by atoms with E-state index < -0.39 is 33.2 Å². The van der Waals surface area contributed by atoms with E-state index in [0.29, 0.717) is 5.89 Å². The number of anilines is 1. The van der Waals surface area contributed by atoms with Gasteiger partial charge in [-0.15, -0.1) is 0 Å².